The predicted octanol–water partition coefficient (Wildman–Crippen LogP) is 2.53. The van der Waals surface area contributed by atoms with Crippen LogP contribution < -0.4 is 10.7 Å². The predicted molar refractivity (Wildman–Crippen MR) is 99.1 cm³/mol. The van der Waals surface area contributed by atoms with Gasteiger partial charge in [-0.1, -0.05) is 34.1 Å². The van der Waals surface area contributed by atoms with E-state index in [1.807, 2.05) is 0 Å². The minimum Gasteiger partial charge on any atom is -0.507 e. The highest BCUT2D eigenvalue weighted by atomic mass is 79.9. The molecule has 1 aliphatic heterocycles. The number of anilines is 1. The molecule has 2 amide bonds. The van der Waals surface area contributed by atoms with Crippen molar-refractivity contribution in [2.75, 3.05) is 5.32 Å². The molecule has 0 spiro atoms. The summed E-state index contributed by atoms with van der Waals surface area (Å²) in [5, 5.41) is 25.5. The Morgan fingerprint density at radius 2 is 2.08 bits per heavy atom. The van der Waals surface area contributed by atoms with E-state index in [1.165, 1.54) is 12.3 Å². The lowest BCUT2D eigenvalue weighted by atomic mass is 10.0. The first-order valence-corrected chi connectivity index (χ1v) is 8.17. The highest BCUT2D eigenvalue weighted by molar-refractivity contribution is 9.10. The molecule has 0 radical (unpaired) electrons. The second-order valence-corrected chi connectivity index (χ2v) is 6.18. The van der Waals surface area contributed by atoms with Crippen molar-refractivity contribution in [1.29, 1.82) is 5.26 Å². The van der Waals surface area contributed by atoms with E-state index in [9.17, 15) is 20.0 Å². The third kappa shape index (κ3) is 3.34. The van der Waals surface area contributed by atoms with Crippen molar-refractivity contribution >= 4 is 45.2 Å². The van der Waals surface area contributed by atoms with Crippen molar-refractivity contribution < 1.29 is 14.7 Å². The van der Waals surface area contributed by atoms with Crippen LogP contribution >= 0.6 is 15.9 Å². The fraction of sp³-hybridized carbons (Fsp3) is 0. The van der Waals surface area contributed by atoms with Gasteiger partial charge in [0.15, 0.2) is 0 Å². The number of para-hydroxylation sites is 1. The molecule has 1 aliphatic rings. The first kappa shape index (κ1) is 17.4. The zero-order valence-corrected chi connectivity index (χ0v) is 14.7. The number of hydrogen-bond acceptors (Lipinski definition) is 5. The molecule has 0 saturated carbocycles. The van der Waals surface area contributed by atoms with Crippen molar-refractivity contribution in [3.63, 3.8) is 0 Å². The number of hydrogen-bond donors (Lipinski definition) is 3. The maximum absolute atomic E-state index is 12.3. The fourth-order valence-corrected chi connectivity index (χ4v) is 2.78. The summed E-state index contributed by atoms with van der Waals surface area (Å²) < 4.78 is 0.693. The number of nitriles is 1. The van der Waals surface area contributed by atoms with Crippen LogP contribution in [-0.4, -0.2) is 23.1 Å². The van der Waals surface area contributed by atoms with Crippen LogP contribution in [0.25, 0.3) is 5.57 Å². The van der Waals surface area contributed by atoms with E-state index in [1.54, 1.807) is 42.5 Å². The Bertz CT molecular complexity index is 1020. The van der Waals surface area contributed by atoms with Crippen LogP contribution in [0.3, 0.4) is 0 Å². The Hall–Kier alpha value is -3.44. The monoisotopic (exact) mass is 410 g/mol. The van der Waals surface area contributed by atoms with Crippen LogP contribution in [-0.2, 0) is 9.59 Å². The molecule has 26 heavy (non-hydrogen) atoms. The van der Waals surface area contributed by atoms with Crippen LogP contribution in [0.5, 0.6) is 5.75 Å². The van der Waals surface area contributed by atoms with Crippen LogP contribution in [0.2, 0.25) is 0 Å². The van der Waals surface area contributed by atoms with Crippen molar-refractivity contribution in [3.8, 4) is 11.8 Å². The van der Waals surface area contributed by atoms with E-state index in [0.717, 1.165) is 0 Å². The lowest BCUT2D eigenvalue weighted by Crippen LogP contribution is -2.21. The van der Waals surface area contributed by atoms with Gasteiger partial charge in [0.2, 0.25) is 0 Å². The standard InChI is InChI=1S/C18H11BrN4O3/c19-11-6-5-10(15(24)7-11)9-21-23-17(25)13(8-20)16-12-3-1-2-4-14(12)22-18(16)26/h1-7,9,24H,(H,22,26)(H,23,25)/b16-13?,21-9+. The maximum Gasteiger partial charge on any atom is 0.282 e. The van der Waals surface area contributed by atoms with E-state index in [0.29, 0.717) is 21.3 Å². The highest BCUT2D eigenvalue weighted by Crippen LogP contribution is 2.33. The van der Waals surface area contributed by atoms with Gasteiger partial charge in [-0.15, -0.1) is 0 Å². The normalized spacial score (nSPS) is 14.5. The molecule has 0 fully saturated rings. The Morgan fingerprint density at radius 3 is 2.81 bits per heavy atom. The second kappa shape index (κ2) is 7.21. The number of fused-ring (bicyclic) bond motifs is 1. The molecule has 1 heterocycles. The smallest absolute Gasteiger partial charge is 0.282 e. The van der Waals surface area contributed by atoms with Gasteiger partial charge in [-0.05, 0) is 24.3 Å². The fourth-order valence-electron chi connectivity index (χ4n) is 2.43. The number of carbonyl (C=O) groups excluding carboxylic acids is 2. The first-order valence-electron chi connectivity index (χ1n) is 7.38. The van der Waals surface area contributed by atoms with Gasteiger partial charge in [0, 0.05) is 21.3 Å². The zero-order chi connectivity index (χ0) is 18.7. The van der Waals surface area contributed by atoms with Crippen LogP contribution in [0, 0.1) is 11.3 Å². The summed E-state index contributed by atoms with van der Waals surface area (Å²) in [5.41, 5.74) is 3.26. The summed E-state index contributed by atoms with van der Waals surface area (Å²) in [4.78, 5) is 24.4. The summed E-state index contributed by atoms with van der Waals surface area (Å²) in [6, 6.07) is 13.3. The number of nitrogens with one attached hydrogen (secondary N) is 2. The first-order chi connectivity index (χ1) is 12.5. The molecule has 128 valence electrons. The maximum atomic E-state index is 12.3. The molecule has 0 aliphatic carbocycles. The molecule has 2 aromatic carbocycles. The molecule has 2 aromatic rings. The number of benzene rings is 2. The molecule has 0 aromatic heterocycles. The number of hydrazone groups is 1. The van der Waals surface area contributed by atoms with Crippen LogP contribution in [0.1, 0.15) is 11.1 Å². The van der Waals surface area contributed by atoms with Crippen molar-refractivity contribution in [3.05, 3.63) is 63.6 Å². The summed E-state index contributed by atoms with van der Waals surface area (Å²) in [5.74, 6) is -1.37. The van der Waals surface area contributed by atoms with Crippen LogP contribution in [0.4, 0.5) is 5.69 Å². The zero-order valence-electron chi connectivity index (χ0n) is 13.2. The third-order valence-electron chi connectivity index (χ3n) is 3.62. The molecule has 3 rings (SSSR count). The second-order valence-electron chi connectivity index (χ2n) is 5.26. The van der Waals surface area contributed by atoms with Gasteiger partial charge >= 0.3 is 0 Å². The lowest BCUT2D eigenvalue weighted by molar-refractivity contribution is -0.117. The van der Waals surface area contributed by atoms with Crippen molar-refractivity contribution in [2.45, 2.75) is 0 Å². The van der Waals surface area contributed by atoms with E-state index in [-0.39, 0.29) is 16.9 Å². The number of halogens is 1. The van der Waals surface area contributed by atoms with E-state index in [4.69, 9.17) is 0 Å². The molecule has 3 N–H and O–H groups in total. The Balaban J connectivity index is 1.85. The summed E-state index contributed by atoms with van der Waals surface area (Å²) in [7, 11) is 0. The van der Waals surface area contributed by atoms with Gasteiger partial charge in [-0.3, -0.25) is 9.59 Å². The van der Waals surface area contributed by atoms with Gasteiger partial charge in [-0.2, -0.15) is 10.4 Å². The third-order valence-corrected chi connectivity index (χ3v) is 4.12. The number of rotatable bonds is 3. The number of amides is 2. The van der Waals surface area contributed by atoms with Crippen molar-refractivity contribution in [2.24, 2.45) is 5.10 Å². The lowest BCUT2D eigenvalue weighted by Gasteiger charge is -2.03. The number of nitrogens with zero attached hydrogens (tertiary/aromatic N) is 2. The quantitative estimate of drug-likeness (QED) is 0.312. The Morgan fingerprint density at radius 1 is 1.31 bits per heavy atom. The summed E-state index contributed by atoms with van der Waals surface area (Å²) in [6.07, 6.45) is 1.24. The summed E-state index contributed by atoms with van der Waals surface area (Å²) >= 11 is 3.22. The minimum absolute atomic E-state index is 0.00212. The highest BCUT2D eigenvalue weighted by Gasteiger charge is 2.30. The molecule has 7 nitrogen and oxygen atoms in total. The van der Waals surface area contributed by atoms with Gasteiger partial charge in [0.1, 0.15) is 17.4 Å². The van der Waals surface area contributed by atoms with Crippen molar-refractivity contribution in [1.82, 2.24) is 5.43 Å². The van der Waals surface area contributed by atoms with Gasteiger partial charge in [0.25, 0.3) is 11.8 Å². The van der Waals surface area contributed by atoms with E-state index < -0.39 is 11.8 Å². The number of phenols is 1. The number of phenolic OH excluding ortho intramolecular Hbond substituents is 1. The number of carbonyl (C=O) groups is 2. The molecule has 0 atom stereocenters. The SMILES string of the molecule is N#CC(C(=O)N/N=C/c1ccc(Br)cc1O)=C1C(=O)Nc2ccccc21. The minimum atomic E-state index is -0.817. The molecule has 0 unspecified atom stereocenters. The van der Waals surface area contributed by atoms with Crippen LogP contribution in [0.15, 0.2) is 57.6 Å². The largest absolute Gasteiger partial charge is 0.507 e. The molecule has 8 heteroatoms. The van der Waals surface area contributed by atoms with Gasteiger partial charge < -0.3 is 10.4 Å². The van der Waals surface area contributed by atoms with E-state index in [2.05, 4.69) is 31.8 Å². The van der Waals surface area contributed by atoms with E-state index >= 15 is 0 Å². The molecule has 0 bridgehead atoms. The molecular formula is C18H11BrN4O3. The molecular weight excluding hydrogens is 400 g/mol. The van der Waals surface area contributed by atoms with Gasteiger partial charge in [-0.25, -0.2) is 5.43 Å². The molecule has 0 saturated heterocycles. The summed E-state index contributed by atoms with van der Waals surface area (Å²) in [6.45, 7) is 0. The average Bonchev–Trinajstić information content (AvgIpc) is 2.94. The Labute approximate surface area is 156 Å². The topological polar surface area (TPSA) is 115 Å². The average molecular weight is 411 g/mol. The number of aromatic hydroxyl groups is 1. The Kier molecular flexibility index (Phi) is 4.82. The van der Waals surface area contributed by atoms with Gasteiger partial charge in [0.05, 0.1) is 11.8 Å².